The van der Waals surface area contributed by atoms with E-state index in [2.05, 4.69) is 10.3 Å². The number of rotatable bonds is 1. The minimum atomic E-state index is -0.222. The fourth-order valence-corrected chi connectivity index (χ4v) is 3.86. The molecule has 0 amide bonds. The Morgan fingerprint density at radius 1 is 0.955 bits per heavy atom. The van der Waals surface area contributed by atoms with Gasteiger partial charge >= 0.3 is 0 Å². The van der Waals surface area contributed by atoms with Gasteiger partial charge in [0.2, 0.25) is 0 Å². The van der Waals surface area contributed by atoms with Gasteiger partial charge in [-0.05, 0) is 37.3 Å². The molecule has 2 aliphatic carbocycles. The summed E-state index contributed by atoms with van der Waals surface area (Å²) in [5, 5.41) is 3.42. The molecule has 0 radical (unpaired) electrons. The van der Waals surface area contributed by atoms with Gasteiger partial charge in [0.25, 0.3) is 0 Å². The molecule has 3 aliphatic rings. The summed E-state index contributed by atoms with van der Waals surface area (Å²) in [6.07, 6.45) is 8.23. The van der Waals surface area contributed by atoms with Gasteiger partial charge in [-0.15, -0.1) is 0 Å². The third kappa shape index (κ3) is 2.02. The highest BCUT2D eigenvalue weighted by atomic mass is 16.1. The Balaban J connectivity index is 1.91. The molecule has 4 heteroatoms. The highest BCUT2D eigenvalue weighted by Gasteiger charge is 2.40. The van der Waals surface area contributed by atoms with Crippen LogP contribution in [0.2, 0.25) is 0 Å². The van der Waals surface area contributed by atoms with Crippen molar-refractivity contribution in [1.29, 1.82) is 0 Å². The molecule has 1 aliphatic heterocycles. The topological polar surface area (TPSA) is 59.1 Å². The van der Waals surface area contributed by atoms with Crippen LogP contribution in [0.1, 0.15) is 50.0 Å². The molecule has 112 valence electrons. The van der Waals surface area contributed by atoms with Gasteiger partial charge in [-0.3, -0.25) is 14.6 Å². The lowest BCUT2D eigenvalue weighted by Gasteiger charge is -2.37. The van der Waals surface area contributed by atoms with E-state index in [0.29, 0.717) is 12.8 Å². The maximum absolute atomic E-state index is 12.5. The predicted molar refractivity (Wildman–Crippen MR) is 81.9 cm³/mol. The fraction of sp³-hybridized carbons (Fsp3) is 0.389. The van der Waals surface area contributed by atoms with Crippen molar-refractivity contribution < 1.29 is 9.59 Å². The number of carbonyl (C=O) groups is 2. The molecule has 1 aromatic rings. The largest absolute Gasteiger partial charge is 0.362 e. The SMILES string of the molecule is O=C1CCCC2=C1C(c1cccnc1)C1=C(CCCC1=O)N2. The number of allylic oxidation sites excluding steroid dienone is 4. The molecule has 0 fully saturated rings. The summed E-state index contributed by atoms with van der Waals surface area (Å²) in [5.74, 6) is 0.126. The maximum atomic E-state index is 12.5. The second kappa shape index (κ2) is 5.20. The molecule has 0 unspecified atom stereocenters. The number of pyridine rings is 1. The average Bonchev–Trinajstić information content (AvgIpc) is 2.54. The molecule has 0 aromatic carbocycles. The van der Waals surface area contributed by atoms with Gasteiger partial charge in [-0.1, -0.05) is 6.07 Å². The number of nitrogens with one attached hydrogen (secondary N) is 1. The average molecular weight is 294 g/mol. The maximum Gasteiger partial charge on any atom is 0.161 e. The van der Waals surface area contributed by atoms with Crippen LogP contribution in [-0.2, 0) is 9.59 Å². The molecule has 2 heterocycles. The first-order valence-corrected chi connectivity index (χ1v) is 7.95. The van der Waals surface area contributed by atoms with Crippen LogP contribution in [0.15, 0.2) is 47.1 Å². The van der Waals surface area contributed by atoms with Crippen LogP contribution in [0.5, 0.6) is 0 Å². The Bertz CT molecular complexity index is 674. The summed E-state index contributed by atoms with van der Waals surface area (Å²) in [7, 11) is 0. The molecule has 0 saturated carbocycles. The van der Waals surface area contributed by atoms with E-state index in [4.69, 9.17) is 0 Å². The van der Waals surface area contributed by atoms with Crippen LogP contribution in [0, 0.1) is 0 Å². The van der Waals surface area contributed by atoms with E-state index in [-0.39, 0.29) is 17.5 Å². The molecule has 1 N–H and O–H groups in total. The molecule has 4 rings (SSSR count). The molecule has 0 atom stereocenters. The molecule has 1 aromatic heterocycles. The summed E-state index contributed by atoms with van der Waals surface area (Å²) < 4.78 is 0. The van der Waals surface area contributed by atoms with Crippen molar-refractivity contribution in [2.24, 2.45) is 0 Å². The van der Waals surface area contributed by atoms with Gasteiger partial charge in [0.15, 0.2) is 11.6 Å². The van der Waals surface area contributed by atoms with Gasteiger partial charge < -0.3 is 5.32 Å². The summed E-state index contributed by atoms with van der Waals surface area (Å²) in [4.78, 5) is 29.3. The Hall–Kier alpha value is -2.23. The van der Waals surface area contributed by atoms with Crippen LogP contribution < -0.4 is 5.32 Å². The van der Waals surface area contributed by atoms with E-state index in [1.54, 1.807) is 12.4 Å². The summed E-state index contributed by atoms with van der Waals surface area (Å²) in [6, 6.07) is 3.85. The van der Waals surface area contributed by atoms with Gasteiger partial charge in [-0.2, -0.15) is 0 Å². The van der Waals surface area contributed by atoms with Crippen molar-refractivity contribution in [2.75, 3.05) is 0 Å². The molecular weight excluding hydrogens is 276 g/mol. The number of nitrogens with zero attached hydrogens (tertiary/aromatic N) is 1. The third-order valence-corrected chi connectivity index (χ3v) is 4.81. The standard InChI is InChI=1S/C18H18N2O2/c21-14-7-1-5-12-17(14)16(11-4-3-9-19-10-11)18-13(20-12)6-2-8-15(18)22/h3-4,9-10,16,20H,1-2,5-8H2. The fourth-order valence-electron chi connectivity index (χ4n) is 3.86. The molecule has 0 bridgehead atoms. The lowest BCUT2D eigenvalue weighted by atomic mass is 9.72. The summed E-state index contributed by atoms with van der Waals surface area (Å²) in [5.41, 5.74) is 4.60. The normalized spacial score (nSPS) is 22.4. The van der Waals surface area contributed by atoms with Crippen LogP contribution in [0.3, 0.4) is 0 Å². The zero-order valence-corrected chi connectivity index (χ0v) is 12.4. The van der Waals surface area contributed by atoms with E-state index in [0.717, 1.165) is 53.8 Å². The molecule has 4 nitrogen and oxygen atoms in total. The summed E-state index contributed by atoms with van der Waals surface area (Å²) >= 11 is 0. The van der Waals surface area contributed by atoms with E-state index in [1.165, 1.54) is 0 Å². The number of aromatic nitrogens is 1. The zero-order chi connectivity index (χ0) is 15.1. The van der Waals surface area contributed by atoms with Crippen molar-refractivity contribution in [3.63, 3.8) is 0 Å². The first kappa shape index (κ1) is 13.4. The van der Waals surface area contributed by atoms with Gasteiger partial charge in [0.1, 0.15) is 0 Å². The van der Waals surface area contributed by atoms with Crippen LogP contribution in [-0.4, -0.2) is 16.6 Å². The highest BCUT2D eigenvalue weighted by Crippen LogP contribution is 2.44. The second-order valence-corrected chi connectivity index (χ2v) is 6.18. The summed E-state index contributed by atoms with van der Waals surface area (Å²) in [6.45, 7) is 0. The van der Waals surface area contributed by atoms with E-state index >= 15 is 0 Å². The van der Waals surface area contributed by atoms with E-state index in [9.17, 15) is 9.59 Å². The van der Waals surface area contributed by atoms with Crippen molar-refractivity contribution in [1.82, 2.24) is 10.3 Å². The number of Topliss-reactive ketones (excluding diaryl/α,β-unsaturated/α-hetero) is 2. The Labute approximate surface area is 129 Å². The quantitative estimate of drug-likeness (QED) is 0.865. The zero-order valence-electron chi connectivity index (χ0n) is 12.4. The van der Waals surface area contributed by atoms with Crippen molar-refractivity contribution in [3.05, 3.63) is 52.6 Å². The van der Waals surface area contributed by atoms with Crippen molar-refractivity contribution in [3.8, 4) is 0 Å². The minimum Gasteiger partial charge on any atom is -0.362 e. The van der Waals surface area contributed by atoms with E-state index < -0.39 is 0 Å². The number of ketones is 2. The Morgan fingerprint density at radius 3 is 2.14 bits per heavy atom. The van der Waals surface area contributed by atoms with Gasteiger partial charge in [-0.25, -0.2) is 0 Å². The Morgan fingerprint density at radius 2 is 1.59 bits per heavy atom. The van der Waals surface area contributed by atoms with Gasteiger partial charge in [0, 0.05) is 53.7 Å². The highest BCUT2D eigenvalue weighted by molar-refractivity contribution is 6.06. The number of hydrogen-bond donors (Lipinski definition) is 1. The first-order chi connectivity index (χ1) is 10.8. The smallest absolute Gasteiger partial charge is 0.161 e. The minimum absolute atomic E-state index is 0.174. The monoisotopic (exact) mass is 294 g/mol. The number of dihydropyridines is 1. The predicted octanol–water partition coefficient (Wildman–Crippen LogP) is 2.78. The first-order valence-electron chi connectivity index (χ1n) is 7.95. The molecule has 22 heavy (non-hydrogen) atoms. The van der Waals surface area contributed by atoms with Crippen molar-refractivity contribution in [2.45, 2.75) is 44.4 Å². The second-order valence-electron chi connectivity index (χ2n) is 6.18. The van der Waals surface area contributed by atoms with E-state index in [1.807, 2.05) is 12.1 Å². The number of hydrogen-bond acceptors (Lipinski definition) is 4. The van der Waals surface area contributed by atoms with Crippen LogP contribution >= 0.6 is 0 Å². The van der Waals surface area contributed by atoms with Crippen LogP contribution in [0.25, 0.3) is 0 Å². The Kier molecular flexibility index (Phi) is 3.17. The third-order valence-electron chi connectivity index (χ3n) is 4.81. The van der Waals surface area contributed by atoms with Gasteiger partial charge in [0.05, 0.1) is 0 Å². The molecule has 0 saturated heterocycles. The lowest BCUT2D eigenvalue weighted by molar-refractivity contribution is -0.116. The molecule has 0 spiro atoms. The molecular formula is C18H18N2O2. The van der Waals surface area contributed by atoms with Crippen LogP contribution in [0.4, 0.5) is 0 Å². The number of carbonyl (C=O) groups excluding carboxylic acids is 2. The van der Waals surface area contributed by atoms with Crippen molar-refractivity contribution >= 4 is 11.6 Å². The lowest BCUT2D eigenvalue weighted by Crippen LogP contribution is -2.36.